The van der Waals surface area contributed by atoms with E-state index in [1.807, 2.05) is 25.1 Å². The largest absolute Gasteiger partial charge is 0.476 e. The summed E-state index contributed by atoms with van der Waals surface area (Å²) in [6, 6.07) is 9.05. The number of carbonyl (C=O) groups is 1. The molecule has 1 unspecified atom stereocenters. The van der Waals surface area contributed by atoms with Gasteiger partial charge < -0.3 is 24.1 Å². The number of hydrogen-bond donors (Lipinski definition) is 1. The van der Waals surface area contributed by atoms with Gasteiger partial charge in [0.25, 0.3) is 0 Å². The zero-order valence-corrected chi connectivity index (χ0v) is 25.8. The van der Waals surface area contributed by atoms with Gasteiger partial charge in [0.2, 0.25) is 0 Å². The third-order valence-electron chi connectivity index (χ3n) is 7.35. The van der Waals surface area contributed by atoms with E-state index >= 15 is 0 Å². The molecule has 0 saturated heterocycles. The first kappa shape index (κ1) is 36.4. The van der Waals surface area contributed by atoms with Gasteiger partial charge in [-0.15, -0.1) is 0 Å². The summed E-state index contributed by atoms with van der Waals surface area (Å²) in [5.74, 6) is -2.32. The summed E-state index contributed by atoms with van der Waals surface area (Å²) >= 11 is 0. The summed E-state index contributed by atoms with van der Waals surface area (Å²) in [6.07, 6.45) is 23.6. The number of ether oxygens (including phenoxy) is 4. The fourth-order valence-corrected chi connectivity index (χ4v) is 4.93. The van der Waals surface area contributed by atoms with Gasteiger partial charge in [0, 0.05) is 13.0 Å². The predicted octanol–water partition coefficient (Wildman–Crippen LogP) is 9.35. The van der Waals surface area contributed by atoms with Gasteiger partial charge in [-0.25, -0.2) is 4.79 Å². The van der Waals surface area contributed by atoms with Crippen LogP contribution in [0.1, 0.15) is 136 Å². The number of benzene rings is 1. The van der Waals surface area contributed by atoms with Crippen LogP contribution in [0.25, 0.3) is 0 Å². The maximum atomic E-state index is 12.3. The highest BCUT2D eigenvalue weighted by atomic mass is 16.7. The van der Waals surface area contributed by atoms with Gasteiger partial charge in [0.1, 0.15) is 5.75 Å². The third-order valence-corrected chi connectivity index (χ3v) is 7.35. The molecule has 0 aromatic heterocycles. The summed E-state index contributed by atoms with van der Waals surface area (Å²) in [5.41, 5.74) is 0. The van der Waals surface area contributed by atoms with Crippen molar-refractivity contribution in [3.8, 4) is 5.75 Å². The standard InChI is InChI=1S/C34H60O6/c1-3-5-6-7-8-9-10-11-12-13-14-15-16-17-18-19-20-24-27-34(33(35)36,40-32-25-22-21-23-26-32)39-31-30-38-29-28-37-4-2/h21-23,25-26H,3-20,24,27-31H2,1-2H3,(H,35,36). The molecule has 1 rings (SSSR count). The van der Waals surface area contributed by atoms with Crippen molar-refractivity contribution in [2.75, 3.05) is 33.0 Å². The summed E-state index contributed by atoms with van der Waals surface area (Å²) < 4.78 is 22.6. The highest BCUT2D eigenvalue weighted by molar-refractivity contribution is 5.76. The normalized spacial score (nSPS) is 12.8. The first-order valence-corrected chi connectivity index (χ1v) is 16.4. The van der Waals surface area contributed by atoms with Crippen LogP contribution >= 0.6 is 0 Å². The van der Waals surface area contributed by atoms with E-state index in [2.05, 4.69) is 6.92 Å². The van der Waals surface area contributed by atoms with Crippen LogP contribution < -0.4 is 4.74 Å². The zero-order valence-electron chi connectivity index (χ0n) is 25.8. The molecule has 6 nitrogen and oxygen atoms in total. The minimum absolute atomic E-state index is 0.143. The van der Waals surface area contributed by atoms with Gasteiger partial charge in [-0.2, -0.15) is 0 Å². The highest BCUT2D eigenvalue weighted by Gasteiger charge is 2.42. The summed E-state index contributed by atoms with van der Waals surface area (Å²) in [5, 5.41) is 10.1. The Morgan fingerprint density at radius 2 is 1.07 bits per heavy atom. The van der Waals surface area contributed by atoms with Crippen molar-refractivity contribution < 1.29 is 28.8 Å². The lowest BCUT2D eigenvalue weighted by Crippen LogP contribution is -2.48. The Labute approximate surface area is 245 Å². The molecule has 0 radical (unpaired) electrons. The maximum Gasteiger partial charge on any atom is 0.377 e. The molecular weight excluding hydrogens is 504 g/mol. The molecular formula is C34H60O6. The fraction of sp³-hybridized carbons (Fsp3) is 0.794. The summed E-state index contributed by atoms with van der Waals surface area (Å²) in [7, 11) is 0. The summed E-state index contributed by atoms with van der Waals surface area (Å²) in [6.45, 7) is 6.26. The van der Waals surface area contributed by atoms with E-state index in [4.69, 9.17) is 18.9 Å². The molecule has 0 amide bonds. The first-order valence-electron chi connectivity index (χ1n) is 16.4. The Hall–Kier alpha value is -1.63. The quantitative estimate of drug-likeness (QED) is 0.0741. The number of para-hydroxylation sites is 1. The topological polar surface area (TPSA) is 74.2 Å². The predicted molar refractivity (Wildman–Crippen MR) is 164 cm³/mol. The Balaban J connectivity index is 2.19. The van der Waals surface area contributed by atoms with Crippen LogP contribution in [-0.4, -0.2) is 49.9 Å². The smallest absolute Gasteiger partial charge is 0.377 e. The number of hydrogen-bond acceptors (Lipinski definition) is 5. The van der Waals surface area contributed by atoms with Crippen molar-refractivity contribution in [2.45, 2.75) is 142 Å². The van der Waals surface area contributed by atoms with Crippen molar-refractivity contribution in [1.29, 1.82) is 0 Å². The number of carboxylic acid groups (broad SMARTS) is 1. The first-order chi connectivity index (χ1) is 19.6. The van der Waals surface area contributed by atoms with Crippen LogP contribution in [0.3, 0.4) is 0 Å². The number of aliphatic carboxylic acids is 1. The van der Waals surface area contributed by atoms with Crippen molar-refractivity contribution in [2.24, 2.45) is 0 Å². The molecule has 232 valence electrons. The van der Waals surface area contributed by atoms with E-state index < -0.39 is 11.8 Å². The van der Waals surface area contributed by atoms with E-state index in [0.717, 1.165) is 19.3 Å². The van der Waals surface area contributed by atoms with Crippen molar-refractivity contribution >= 4 is 5.97 Å². The molecule has 0 heterocycles. The monoisotopic (exact) mass is 564 g/mol. The van der Waals surface area contributed by atoms with Crippen LogP contribution in [0.5, 0.6) is 5.75 Å². The van der Waals surface area contributed by atoms with Crippen LogP contribution in [-0.2, 0) is 19.0 Å². The molecule has 1 aromatic rings. The van der Waals surface area contributed by atoms with Gasteiger partial charge in [-0.3, -0.25) is 0 Å². The summed E-state index contributed by atoms with van der Waals surface area (Å²) in [4.78, 5) is 12.3. The van der Waals surface area contributed by atoms with Gasteiger partial charge in [-0.1, -0.05) is 134 Å². The average Bonchev–Trinajstić information content (AvgIpc) is 2.96. The van der Waals surface area contributed by atoms with Crippen LogP contribution in [0.2, 0.25) is 0 Å². The zero-order chi connectivity index (χ0) is 29.0. The minimum Gasteiger partial charge on any atom is -0.476 e. The number of carboxylic acids is 1. The molecule has 1 N–H and O–H groups in total. The Bertz CT molecular complexity index is 682. The van der Waals surface area contributed by atoms with Crippen molar-refractivity contribution in [3.05, 3.63) is 30.3 Å². The Kier molecular flexibility index (Phi) is 23.9. The average molecular weight is 565 g/mol. The van der Waals surface area contributed by atoms with Crippen molar-refractivity contribution in [1.82, 2.24) is 0 Å². The molecule has 1 atom stereocenters. The molecule has 0 aliphatic carbocycles. The minimum atomic E-state index is -1.71. The van der Waals surface area contributed by atoms with E-state index in [-0.39, 0.29) is 6.61 Å². The SMILES string of the molecule is CCCCCCCCCCCCCCCCCCCCC(OCCOCCOCC)(Oc1ccccc1)C(=O)O. The molecule has 0 aliphatic rings. The van der Waals surface area contributed by atoms with Gasteiger partial charge in [-0.05, 0) is 25.5 Å². The van der Waals surface area contributed by atoms with E-state index in [1.54, 1.807) is 12.1 Å². The molecule has 0 fully saturated rings. The second kappa shape index (κ2) is 26.3. The van der Waals surface area contributed by atoms with Gasteiger partial charge in [0.05, 0.1) is 26.4 Å². The highest BCUT2D eigenvalue weighted by Crippen LogP contribution is 2.26. The second-order valence-electron chi connectivity index (χ2n) is 10.9. The van der Waals surface area contributed by atoms with Gasteiger partial charge in [0.15, 0.2) is 0 Å². The Morgan fingerprint density at radius 1 is 0.625 bits per heavy atom. The molecule has 1 aromatic carbocycles. The molecule has 0 saturated carbocycles. The fourth-order valence-electron chi connectivity index (χ4n) is 4.93. The molecule has 6 heteroatoms. The van der Waals surface area contributed by atoms with Gasteiger partial charge >= 0.3 is 11.8 Å². The van der Waals surface area contributed by atoms with Crippen molar-refractivity contribution in [3.63, 3.8) is 0 Å². The number of rotatable bonds is 30. The lowest BCUT2D eigenvalue weighted by atomic mass is 10.0. The van der Waals surface area contributed by atoms with Crippen LogP contribution in [0, 0.1) is 0 Å². The second-order valence-corrected chi connectivity index (χ2v) is 10.9. The molecule has 0 aliphatic heterocycles. The third kappa shape index (κ3) is 19.4. The molecule has 40 heavy (non-hydrogen) atoms. The lowest BCUT2D eigenvalue weighted by molar-refractivity contribution is -0.218. The van der Waals surface area contributed by atoms with Crippen LogP contribution in [0.4, 0.5) is 0 Å². The Morgan fingerprint density at radius 3 is 1.55 bits per heavy atom. The number of unbranched alkanes of at least 4 members (excludes halogenated alkanes) is 17. The molecule has 0 spiro atoms. The van der Waals surface area contributed by atoms with E-state index in [1.165, 1.54) is 96.3 Å². The van der Waals surface area contributed by atoms with Crippen LogP contribution in [0.15, 0.2) is 30.3 Å². The molecule has 0 bridgehead atoms. The maximum absolute atomic E-state index is 12.3. The van der Waals surface area contributed by atoms with E-state index in [9.17, 15) is 9.90 Å². The lowest BCUT2D eigenvalue weighted by Gasteiger charge is -2.30. The van der Waals surface area contributed by atoms with E-state index in [0.29, 0.717) is 38.6 Å².